The molecule has 1 N–H and O–H groups in total. The molecule has 0 heterocycles. The topological polar surface area (TPSA) is 35.8 Å². The zero-order valence-corrected chi connectivity index (χ0v) is 11.7. The molecule has 86 valence electrons. The molecule has 0 spiro atoms. The Bertz CT molecular complexity index is 413. The molecule has 1 unspecified atom stereocenters. The Morgan fingerprint density at radius 1 is 1.38 bits per heavy atom. The van der Waals surface area contributed by atoms with E-state index in [4.69, 9.17) is 5.26 Å². The molecule has 0 aliphatic rings. The lowest BCUT2D eigenvalue weighted by atomic mass is 9.88. The van der Waals surface area contributed by atoms with E-state index in [1.165, 1.54) is 0 Å². The molecule has 1 aromatic rings. The largest absolute Gasteiger partial charge is 0.381 e. The quantitative estimate of drug-likeness (QED) is 0.883. The lowest BCUT2D eigenvalue weighted by Crippen LogP contribution is -2.31. The molecule has 0 bridgehead atoms. The number of nitrogens with zero attached hydrogens (tertiary/aromatic N) is 1. The number of hydrogen-bond acceptors (Lipinski definition) is 2. The molecule has 0 aromatic heterocycles. The molecule has 1 aromatic carbocycles. The number of rotatable bonds is 2. The van der Waals surface area contributed by atoms with Gasteiger partial charge in [0.2, 0.25) is 0 Å². The molecular weight excluding hydrogens is 264 g/mol. The summed E-state index contributed by atoms with van der Waals surface area (Å²) in [7, 11) is 0. The van der Waals surface area contributed by atoms with Gasteiger partial charge in [0.15, 0.2) is 0 Å². The summed E-state index contributed by atoms with van der Waals surface area (Å²) in [5, 5.41) is 12.4. The van der Waals surface area contributed by atoms with Gasteiger partial charge >= 0.3 is 0 Å². The van der Waals surface area contributed by atoms with Gasteiger partial charge in [0.25, 0.3) is 0 Å². The van der Waals surface area contributed by atoms with Crippen LogP contribution in [-0.4, -0.2) is 6.04 Å². The molecule has 0 fully saturated rings. The molecule has 1 rings (SSSR count). The van der Waals surface area contributed by atoms with Crippen LogP contribution in [-0.2, 0) is 0 Å². The Kier molecular flexibility index (Phi) is 3.98. The van der Waals surface area contributed by atoms with Gasteiger partial charge in [-0.1, -0.05) is 36.7 Å². The van der Waals surface area contributed by atoms with E-state index in [0.717, 1.165) is 10.2 Å². The van der Waals surface area contributed by atoms with Crippen molar-refractivity contribution in [3.05, 3.63) is 28.2 Å². The van der Waals surface area contributed by atoms with Crippen molar-refractivity contribution in [2.45, 2.75) is 33.7 Å². The van der Waals surface area contributed by atoms with Crippen LogP contribution in [0.1, 0.15) is 33.3 Å². The summed E-state index contributed by atoms with van der Waals surface area (Å²) in [4.78, 5) is 0. The van der Waals surface area contributed by atoms with E-state index in [2.05, 4.69) is 55.0 Å². The van der Waals surface area contributed by atoms with Gasteiger partial charge < -0.3 is 5.32 Å². The highest BCUT2D eigenvalue weighted by Crippen LogP contribution is 2.26. The maximum absolute atomic E-state index is 9.05. The summed E-state index contributed by atoms with van der Waals surface area (Å²) >= 11 is 3.36. The minimum absolute atomic E-state index is 0.166. The van der Waals surface area contributed by atoms with Crippen molar-refractivity contribution in [2.24, 2.45) is 5.41 Å². The second-order valence-corrected chi connectivity index (χ2v) is 5.95. The summed E-state index contributed by atoms with van der Waals surface area (Å²) < 4.78 is 0.929. The summed E-state index contributed by atoms with van der Waals surface area (Å²) in [6, 6.07) is 8.22. The van der Waals surface area contributed by atoms with Gasteiger partial charge in [0.05, 0.1) is 11.3 Å². The van der Waals surface area contributed by atoms with E-state index in [1.807, 2.05) is 18.2 Å². The standard InChI is InChI=1S/C13H17BrN2/c1-9(13(2,3)4)16-12-6-5-11(14)7-10(12)8-15/h5-7,9,16H,1-4H3. The van der Waals surface area contributed by atoms with Crippen LogP contribution >= 0.6 is 15.9 Å². The van der Waals surface area contributed by atoms with Gasteiger partial charge in [-0.05, 0) is 30.5 Å². The van der Waals surface area contributed by atoms with E-state index < -0.39 is 0 Å². The van der Waals surface area contributed by atoms with Gasteiger partial charge in [-0.15, -0.1) is 0 Å². The van der Waals surface area contributed by atoms with Crippen LogP contribution in [0.4, 0.5) is 5.69 Å². The first-order chi connectivity index (χ1) is 7.34. The monoisotopic (exact) mass is 280 g/mol. The summed E-state index contributed by atoms with van der Waals surface area (Å²) in [6.07, 6.45) is 0. The van der Waals surface area contributed by atoms with Crippen LogP contribution < -0.4 is 5.32 Å². The van der Waals surface area contributed by atoms with Crippen LogP contribution in [0.2, 0.25) is 0 Å². The zero-order valence-electron chi connectivity index (χ0n) is 10.1. The van der Waals surface area contributed by atoms with E-state index in [-0.39, 0.29) is 5.41 Å². The Balaban J connectivity index is 2.95. The smallest absolute Gasteiger partial charge is 0.101 e. The fraction of sp³-hybridized carbons (Fsp3) is 0.462. The first kappa shape index (κ1) is 13.1. The lowest BCUT2D eigenvalue weighted by Gasteiger charge is -2.29. The first-order valence-corrected chi connectivity index (χ1v) is 6.10. The second-order valence-electron chi connectivity index (χ2n) is 5.03. The van der Waals surface area contributed by atoms with Crippen molar-refractivity contribution in [1.82, 2.24) is 0 Å². The average molecular weight is 281 g/mol. The molecule has 0 aliphatic carbocycles. The van der Waals surface area contributed by atoms with Crippen LogP contribution in [0.5, 0.6) is 0 Å². The SMILES string of the molecule is CC(Nc1ccc(Br)cc1C#N)C(C)(C)C. The Hall–Kier alpha value is -1.01. The number of hydrogen-bond donors (Lipinski definition) is 1. The molecule has 0 saturated carbocycles. The van der Waals surface area contributed by atoms with Gasteiger partial charge in [0, 0.05) is 10.5 Å². The van der Waals surface area contributed by atoms with Crippen molar-refractivity contribution in [3.63, 3.8) is 0 Å². The van der Waals surface area contributed by atoms with Crippen molar-refractivity contribution < 1.29 is 0 Å². The van der Waals surface area contributed by atoms with Gasteiger partial charge in [-0.2, -0.15) is 5.26 Å². The third-order valence-corrected chi connectivity index (χ3v) is 3.27. The Morgan fingerprint density at radius 2 is 2.00 bits per heavy atom. The third kappa shape index (κ3) is 3.24. The lowest BCUT2D eigenvalue weighted by molar-refractivity contribution is 0.359. The molecule has 0 radical (unpaired) electrons. The van der Waals surface area contributed by atoms with Crippen LogP contribution in [0.15, 0.2) is 22.7 Å². The van der Waals surface area contributed by atoms with Crippen molar-refractivity contribution in [3.8, 4) is 6.07 Å². The van der Waals surface area contributed by atoms with E-state index >= 15 is 0 Å². The van der Waals surface area contributed by atoms with E-state index in [1.54, 1.807) is 0 Å². The molecule has 16 heavy (non-hydrogen) atoms. The predicted octanol–water partition coefficient (Wildman–Crippen LogP) is 4.17. The second kappa shape index (κ2) is 4.88. The zero-order chi connectivity index (χ0) is 12.3. The molecule has 0 saturated heterocycles. The first-order valence-electron chi connectivity index (χ1n) is 5.31. The van der Waals surface area contributed by atoms with Crippen molar-refractivity contribution in [1.29, 1.82) is 5.26 Å². The van der Waals surface area contributed by atoms with Crippen LogP contribution in [0.25, 0.3) is 0 Å². The normalized spacial score (nSPS) is 13.0. The highest BCUT2D eigenvalue weighted by Gasteiger charge is 2.20. The summed E-state index contributed by atoms with van der Waals surface area (Å²) in [5.74, 6) is 0. The summed E-state index contributed by atoms with van der Waals surface area (Å²) in [5.41, 5.74) is 1.73. The molecular formula is C13H17BrN2. The van der Waals surface area contributed by atoms with Gasteiger partial charge in [0.1, 0.15) is 6.07 Å². The maximum atomic E-state index is 9.05. The molecule has 0 aliphatic heterocycles. The van der Waals surface area contributed by atoms with Crippen molar-refractivity contribution >= 4 is 21.6 Å². The minimum atomic E-state index is 0.166. The Labute approximate surface area is 106 Å². The minimum Gasteiger partial charge on any atom is -0.381 e. The van der Waals surface area contributed by atoms with E-state index in [9.17, 15) is 0 Å². The van der Waals surface area contributed by atoms with Crippen LogP contribution in [0, 0.1) is 16.7 Å². The predicted molar refractivity (Wildman–Crippen MR) is 71.4 cm³/mol. The number of nitriles is 1. The average Bonchev–Trinajstić information content (AvgIpc) is 2.19. The van der Waals surface area contributed by atoms with E-state index in [0.29, 0.717) is 11.6 Å². The molecule has 0 amide bonds. The molecule has 3 heteroatoms. The van der Waals surface area contributed by atoms with Gasteiger partial charge in [-0.3, -0.25) is 0 Å². The number of benzene rings is 1. The third-order valence-electron chi connectivity index (χ3n) is 2.77. The fourth-order valence-corrected chi connectivity index (χ4v) is 1.55. The fourth-order valence-electron chi connectivity index (χ4n) is 1.18. The molecule has 2 nitrogen and oxygen atoms in total. The van der Waals surface area contributed by atoms with Crippen LogP contribution in [0.3, 0.4) is 0 Å². The summed E-state index contributed by atoms with van der Waals surface area (Å²) in [6.45, 7) is 8.66. The molecule has 1 atom stereocenters. The maximum Gasteiger partial charge on any atom is 0.101 e. The Morgan fingerprint density at radius 3 is 2.50 bits per heavy atom. The van der Waals surface area contributed by atoms with Crippen molar-refractivity contribution in [2.75, 3.05) is 5.32 Å². The number of nitrogens with one attached hydrogen (secondary N) is 1. The van der Waals surface area contributed by atoms with Gasteiger partial charge in [-0.25, -0.2) is 0 Å². The number of anilines is 1. The highest BCUT2D eigenvalue weighted by atomic mass is 79.9. The number of halogens is 1. The highest BCUT2D eigenvalue weighted by molar-refractivity contribution is 9.10.